The number of carboxylic acids is 1. The SMILES string of the molecule is CCC[C@H](NC(=O)N1C(=O)C(CC)(CC)[C@H]1Oc1ccc(CC(=O)O)cc1)c1ccc(C)cc1. The summed E-state index contributed by atoms with van der Waals surface area (Å²) in [4.78, 5) is 38.6. The third-order valence-corrected chi connectivity index (χ3v) is 6.71. The second kappa shape index (κ2) is 10.7. The molecule has 2 aromatic carbocycles. The van der Waals surface area contributed by atoms with Gasteiger partial charge in [0.25, 0.3) is 0 Å². The lowest BCUT2D eigenvalue weighted by molar-refractivity contribution is -0.191. The zero-order valence-electron chi connectivity index (χ0n) is 20.3. The van der Waals surface area contributed by atoms with Crippen molar-refractivity contribution < 1.29 is 24.2 Å². The van der Waals surface area contributed by atoms with Crippen LogP contribution in [0.25, 0.3) is 0 Å². The lowest BCUT2D eigenvalue weighted by Gasteiger charge is -2.53. The van der Waals surface area contributed by atoms with E-state index in [4.69, 9.17) is 9.84 Å². The fourth-order valence-electron chi connectivity index (χ4n) is 4.52. The quantitative estimate of drug-likeness (QED) is 0.468. The highest BCUT2D eigenvalue weighted by molar-refractivity contribution is 6.03. The van der Waals surface area contributed by atoms with Crippen LogP contribution in [0.15, 0.2) is 48.5 Å². The number of aliphatic carboxylic acids is 1. The summed E-state index contributed by atoms with van der Waals surface area (Å²) in [5, 5.41) is 12.0. The minimum Gasteiger partial charge on any atom is -0.481 e. The van der Waals surface area contributed by atoms with Crippen molar-refractivity contribution in [3.05, 3.63) is 65.2 Å². The number of nitrogens with zero attached hydrogens (tertiary/aromatic N) is 1. The van der Waals surface area contributed by atoms with Crippen molar-refractivity contribution in [3.63, 3.8) is 0 Å². The first kappa shape index (κ1) is 25.3. The predicted octanol–water partition coefficient (Wildman–Crippen LogP) is 5.23. The molecule has 0 spiro atoms. The standard InChI is InChI=1S/C27H34N2O5/c1-5-8-22(20-13-9-18(4)10-14-20)28-26(33)29-24(32)27(6-2,7-3)25(29)34-21-15-11-19(12-16-21)17-23(30)31/h9-16,22,25H,5-8,17H2,1-4H3,(H,28,33)(H,30,31)/t22-,25+/m0/s1. The van der Waals surface area contributed by atoms with E-state index in [1.165, 1.54) is 4.90 Å². The van der Waals surface area contributed by atoms with E-state index in [1.807, 2.05) is 45.0 Å². The Balaban J connectivity index is 1.81. The number of likely N-dealkylation sites (tertiary alicyclic amines) is 1. The molecular weight excluding hydrogens is 432 g/mol. The number of urea groups is 1. The number of carbonyl (C=O) groups is 3. The molecule has 2 aromatic rings. The normalized spacial score (nSPS) is 17.6. The predicted molar refractivity (Wildman–Crippen MR) is 129 cm³/mol. The highest BCUT2D eigenvalue weighted by Gasteiger charge is 2.63. The summed E-state index contributed by atoms with van der Waals surface area (Å²) in [6, 6.07) is 14.1. The summed E-state index contributed by atoms with van der Waals surface area (Å²) >= 11 is 0. The van der Waals surface area contributed by atoms with Gasteiger partial charge in [0.1, 0.15) is 11.2 Å². The minimum atomic E-state index is -0.910. The summed E-state index contributed by atoms with van der Waals surface area (Å²) in [7, 11) is 0. The average Bonchev–Trinajstić information content (AvgIpc) is 2.81. The van der Waals surface area contributed by atoms with Gasteiger partial charge < -0.3 is 15.2 Å². The van der Waals surface area contributed by atoms with Crippen molar-refractivity contribution in [3.8, 4) is 5.75 Å². The molecule has 7 heteroatoms. The van der Waals surface area contributed by atoms with Crippen molar-refractivity contribution in [1.29, 1.82) is 0 Å². The van der Waals surface area contributed by atoms with E-state index in [0.29, 0.717) is 24.2 Å². The van der Waals surface area contributed by atoms with E-state index in [-0.39, 0.29) is 18.4 Å². The zero-order valence-corrected chi connectivity index (χ0v) is 20.3. The second-order valence-electron chi connectivity index (χ2n) is 8.92. The minimum absolute atomic E-state index is 0.0809. The van der Waals surface area contributed by atoms with Gasteiger partial charge >= 0.3 is 12.0 Å². The summed E-state index contributed by atoms with van der Waals surface area (Å²) in [6.45, 7) is 7.92. The first-order valence-corrected chi connectivity index (χ1v) is 11.9. The van der Waals surface area contributed by atoms with E-state index in [2.05, 4.69) is 12.2 Å². The number of nitrogens with one attached hydrogen (secondary N) is 1. The van der Waals surface area contributed by atoms with Gasteiger partial charge in [-0.2, -0.15) is 0 Å². The van der Waals surface area contributed by atoms with Crippen LogP contribution in [0.3, 0.4) is 0 Å². The van der Waals surface area contributed by atoms with Gasteiger partial charge in [-0.05, 0) is 49.4 Å². The maximum atomic E-state index is 13.3. The molecule has 3 amide bonds. The van der Waals surface area contributed by atoms with Crippen LogP contribution >= 0.6 is 0 Å². The Labute approximate surface area is 201 Å². The van der Waals surface area contributed by atoms with Crippen LogP contribution in [0.4, 0.5) is 4.79 Å². The van der Waals surface area contributed by atoms with Crippen molar-refractivity contribution in [2.75, 3.05) is 0 Å². The first-order valence-electron chi connectivity index (χ1n) is 11.9. The van der Waals surface area contributed by atoms with Crippen LogP contribution < -0.4 is 10.1 Å². The maximum absolute atomic E-state index is 13.3. The molecule has 0 radical (unpaired) electrons. The number of hydrogen-bond acceptors (Lipinski definition) is 4. The lowest BCUT2D eigenvalue weighted by Crippen LogP contribution is -2.73. The summed E-state index contributed by atoms with van der Waals surface area (Å²) in [5.74, 6) is -0.659. The van der Waals surface area contributed by atoms with E-state index in [0.717, 1.165) is 24.0 Å². The van der Waals surface area contributed by atoms with E-state index in [9.17, 15) is 14.4 Å². The first-order chi connectivity index (χ1) is 16.2. The van der Waals surface area contributed by atoms with Gasteiger partial charge in [0.05, 0.1) is 12.5 Å². The van der Waals surface area contributed by atoms with Crippen LogP contribution in [0, 0.1) is 12.3 Å². The van der Waals surface area contributed by atoms with E-state index >= 15 is 0 Å². The number of amides is 3. The van der Waals surface area contributed by atoms with Gasteiger partial charge in [0, 0.05) is 0 Å². The summed E-state index contributed by atoms with van der Waals surface area (Å²) < 4.78 is 6.17. The number of benzene rings is 2. The Bertz CT molecular complexity index is 1010. The molecule has 34 heavy (non-hydrogen) atoms. The van der Waals surface area contributed by atoms with E-state index < -0.39 is 23.6 Å². The van der Waals surface area contributed by atoms with Crippen LogP contribution in [0.2, 0.25) is 0 Å². The van der Waals surface area contributed by atoms with Gasteiger partial charge in [-0.15, -0.1) is 0 Å². The number of aryl methyl sites for hydroxylation is 1. The smallest absolute Gasteiger partial charge is 0.327 e. The largest absolute Gasteiger partial charge is 0.481 e. The molecule has 1 saturated heterocycles. The monoisotopic (exact) mass is 466 g/mol. The molecule has 0 saturated carbocycles. The van der Waals surface area contributed by atoms with Crippen LogP contribution in [-0.2, 0) is 16.0 Å². The number of carbonyl (C=O) groups excluding carboxylic acids is 2. The van der Waals surface area contributed by atoms with Gasteiger partial charge in [0.2, 0.25) is 5.91 Å². The maximum Gasteiger partial charge on any atom is 0.327 e. The molecule has 3 rings (SSSR count). The molecule has 0 unspecified atom stereocenters. The molecule has 0 aromatic heterocycles. The Kier molecular flexibility index (Phi) is 7.97. The molecule has 182 valence electrons. The van der Waals surface area contributed by atoms with Crippen LogP contribution in [-0.4, -0.2) is 34.1 Å². The average molecular weight is 467 g/mol. The highest BCUT2D eigenvalue weighted by atomic mass is 16.5. The van der Waals surface area contributed by atoms with Crippen molar-refractivity contribution >= 4 is 17.9 Å². The molecular formula is C27H34N2O5. The number of hydrogen-bond donors (Lipinski definition) is 2. The van der Waals surface area contributed by atoms with Gasteiger partial charge in [-0.1, -0.05) is 69.2 Å². The second-order valence-corrected chi connectivity index (χ2v) is 8.92. The van der Waals surface area contributed by atoms with E-state index in [1.54, 1.807) is 24.3 Å². The Morgan fingerprint density at radius 2 is 1.68 bits per heavy atom. The Morgan fingerprint density at radius 1 is 1.06 bits per heavy atom. The van der Waals surface area contributed by atoms with Gasteiger partial charge in [-0.3, -0.25) is 9.59 Å². The molecule has 1 fully saturated rings. The lowest BCUT2D eigenvalue weighted by atomic mass is 9.72. The molecule has 2 N–H and O–H groups in total. The molecule has 1 heterocycles. The zero-order chi connectivity index (χ0) is 24.9. The summed E-state index contributed by atoms with van der Waals surface area (Å²) in [6.07, 6.45) is 1.90. The van der Waals surface area contributed by atoms with Crippen molar-refractivity contribution in [2.45, 2.75) is 72.1 Å². The molecule has 0 bridgehead atoms. The Hall–Kier alpha value is -3.35. The van der Waals surface area contributed by atoms with Crippen LogP contribution in [0.5, 0.6) is 5.75 Å². The molecule has 2 atom stereocenters. The third-order valence-electron chi connectivity index (χ3n) is 6.71. The number of rotatable bonds is 10. The molecule has 7 nitrogen and oxygen atoms in total. The highest BCUT2D eigenvalue weighted by Crippen LogP contribution is 2.46. The number of carboxylic acid groups (broad SMARTS) is 1. The third kappa shape index (κ3) is 5.08. The number of β-lactam (4-membered cyclic amide) rings is 1. The topological polar surface area (TPSA) is 95.9 Å². The van der Waals surface area contributed by atoms with Gasteiger partial charge in [-0.25, -0.2) is 9.69 Å². The number of ether oxygens (including phenoxy) is 1. The fourth-order valence-corrected chi connectivity index (χ4v) is 4.52. The molecule has 1 aliphatic rings. The molecule has 0 aliphatic carbocycles. The number of imide groups is 1. The van der Waals surface area contributed by atoms with Crippen molar-refractivity contribution in [1.82, 2.24) is 10.2 Å². The Morgan fingerprint density at radius 3 is 2.21 bits per heavy atom. The molecule has 1 aliphatic heterocycles. The van der Waals surface area contributed by atoms with Crippen molar-refractivity contribution in [2.24, 2.45) is 5.41 Å². The summed E-state index contributed by atoms with van der Waals surface area (Å²) in [5.41, 5.74) is 2.01. The van der Waals surface area contributed by atoms with Crippen LogP contribution in [0.1, 0.15) is 69.2 Å². The fraction of sp³-hybridized carbons (Fsp3) is 0.444. The van der Waals surface area contributed by atoms with Gasteiger partial charge in [0.15, 0.2) is 6.23 Å².